The molecule has 0 bridgehead atoms. The molecule has 28 heavy (non-hydrogen) atoms. The van der Waals surface area contributed by atoms with Crippen molar-refractivity contribution in [1.82, 2.24) is 19.1 Å². The van der Waals surface area contributed by atoms with Gasteiger partial charge in [-0.3, -0.25) is 4.57 Å². The third-order valence-corrected chi connectivity index (χ3v) is 5.46. The van der Waals surface area contributed by atoms with Crippen molar-refractivity contribution in [1.29, 1.82) is 0 Å². The predicted octanol–water partition coefficient (Wildman–Crippen LogP) is -0.354. The second-order valence-electron chi connectivity index (χ2n) is 5.99. The molecule has 0 aliphatic carbocycles. The van der Waals surface area contributed by atoms with Crippen molar-refractivity contribution in [2.24, 2.45) is 7.05 Å². The summed E-state index contributed by atoms with van der Waals surface area (Å²) in [6.45, 7) is 2.20. The van der Waals surface area contributed by atoms with Gasteiger partial charge in [0.2, 0.25) is 0 Å². The summed E-state index contributed by atoms with van der Waals surface area (Å²) in [5.74, 6) is -0.547. The van der Waals surface area contributed by atoms with Gasteiger partial charge in [0, 0.05) is 13.5 Å². The molecule has 12 heteroatoms. The van der Waals surface area contributed by atoms with Crippen molar-refractivity contribution in [2.75, 3.05) is 13.2 Å². The second-order valence-corrected chi connectivity index (χ2v) is 7.65. The van der Waals surface area contributed by atoms with Crippen LogP contribution in [0.25, 0.3) is 0 Å². The van der Waals surface area contributed by atoms with Crippen molar-refractivity contribution >= 4 is 22.0 Å². The Morgan fingerprint density at radius 1 is 1.32 bits per heavy atom. The SMILES string of the molecule is CCc1nn(C(=O)NS(=O)(=O)c2ccccc2C(=O)OC2COC2)c(=O)n1C. The van der Waals surface area contributed by atoms with Crippen LogP contribution >= 0.6 is 0 Å². The zero-order valence-electron chi connectivity index (χ0n) is 15.1. The molecule has 1 fully saturated rings. The molecule has 3 rings (SSSR count). The molecule has 1 aromatic carbocycles. The van der Waals surface area contributed by atoms with E-state index in [0.29, 0.717) is 16.9 Å². The summed E-state index contributed by atoms with van der Waals surface area (Å²) in [5, 5.41) is 3.81. The van der Waals surface area contributed by atoms with Crippen molar-refractivity contribution in [3.8, 4) is 0 Å². The molecule has 0 unspecified atom stereocenters. The Labute approximate surface area is 159 Å². The zero-order valence-corrected chi connectivity index (χ0v) is 15.9. The van der Waals surface area contributed by atoms with Crippen LogP contribution < -0.4 is 10.4 Å². The maximum Gasteiger partial charge on any atom is 0.360 e. The van der Waals surface area contributed by atoms with E-state index in [9.17, 15) is 22.8 Å². The molecule has 0 spiro atoms. The molecule has 2 heterocycles. The Kier molecular flexibility index (Phi) is 5.34. The normalized spacial score (nSPS) is 14.4. The molecular weight excluding hydrogens is 392 g/mol. The fourth-order valence-corrected chi connectivity index (χ4v) is 3.62. The van der Waals surface area contributed by atoms with Gasteiger partial charge in [0.05, 0.1) is 18.8 Å². The van der Waals surface area contributed by atoms with Gasteiger partial charge in [0.25, 0.3) is 10.0 Å². The first-order valence-electron chi connectivity index (χ1n) is 8.34. The summed E-state index contributed by atoms with van der Waals surface area (Å²) in [5.41, 5.74) is -1.03. The number of nitrogens with zero attached hydrogens (tertiary/aromatic N) is 3. The number of benzene rings is 1. The first-order valence-corrected chi connectivity index (χ1v) is 9.82. The predicted molar refractivity (Wildman–Crippen MR) is 94.4 cm³/mol. The molecule has 0 radical (unpaired) electrons. The minimum Gasteiger partial charge on any atom is -0.454 e. The number of esters is 1. The average Bonchev–Trinajstić information content (AvgIpc) is 2.92. The third-order valence-electron chi connectivity index (χ3n) is 4.08. The van der Waals surface area contributed by atoms with Crippen LogP contribution in [0.3, 0.4) is 0 Å². The highest BCUT2D eigenvalue weighted by molar-refractivity contribution is 7.90. The maximum atomic E-state index is 12.7. The smallest absolute Gasteiger partial charge is 0.360 e. The maximum absolute atomic E-state index is 12.7. The largest absolute Gasteiger partial charge is 0.454 e. The highest BCUT2D eigenvalue weighted by Gasteiger charge is 2.29. The number of hydrogen-bond donors (Lipinski definition) is 1. The second kappa shape index (κ2) is 7.56. The lowest BCUT2D eigenvalue weighted by molar-refractivity contribution is -0.103. The first-order chi connectivity index (χ1) is 13.2. The van der Waals surface area contributed by atoms with E-state index >= 15 is 0 Å². The standard InChI is InChI=1S/C16H18N4O7S/c1-3-13-17-20(16(23)19(13)2)15(22)18-28(24,25)12-7-5-4-6-11(12)14(21)27-10-8-26-9-10/h4-7,10H,3,8-9H2,1-2H3,(H,18,22). The number of amides is 1. The number of aromatic nitrogens is 3. The van der Waals surface area contributed by atoms with E-state index in [-0.39, 0.29) is 18.8 Å². The Bertz CT molecular complexity index is 1080. The van der Waals surface area contributed by atoms with E-state index in [4.69, 9.17) is 9.47 Å². The molecule has 2 aromatic rings. The quantitative estimate of drug-likeness (QED) is 0.660. The monoisotopic (exact) mass is 410 g/mol. The molecule has 1 aliphatic heterocycles. The van der Waals surface area contributed by atoms with Crippen LogP contribution in [0.4, 0.5) is 4.79 Å². The first kappa shape index (κ1) is 19.8. The fraction of sp³-hybridized carbons (Fsp3) is 0.375. The van der Waals surface area contributed by atoms with E-state index in [2.05, 4.69) is 5.10 Å². The van der Waals surface area contributed by atoms with E-state index in [1.807, 2.05) is 0 Å². The van der Waals surface area contributed by atoms with Crippen LogP contribution in [0.15, 0.2) is 34.0 Å². The van der Waals surface area contributed by atoms with Crippen LogP contribution in [0.5, 0.6) is 0 Å². The highest BCUT2D eigenvalue weighted by Crippen LogP contribution is 2.18. The Hall–Kier alpha value is -2.99. The van der Waals surface area contributed by atoms with Crippen molar-refractivity contribution < 1.29 is 27.5 Å². The van der Waals surface area contributed by atoms with Gasteiger partial charge in [-0.2, -0.15) is 0 Å². The van der Waals surface area contributed by atoms with Crippen LogP contribution in [0, 0.1) is 0 Å². The van der Waals surface area contributed by atoms with Crippen LogP contribution in [0.2, 0.25) is 0 Å². The lowest BCUT2D eigenvalue weighted by atomic mass is 10.2. The molecule has 0 saturated carbocycles. The van der Waals surface area contributed by atoms with E-state index in [1.165, 1.54) is 25.2 Å². The van der Waals surface area contributed by atoms with Crippen molar-refractivity contribution in [3.63, 3.8) is 0 Å². The van der Waals surface area contributed by atoms with Gasteiger partial charge in [0.15, 0.2) is 0 Å². The Morgan fingerprint density at radius 3 is 2.57 bits per heavy atom. The lowest BCUT2D eigenvalue weighted by Crippen LogP contribution is -2.41. The summed E-state index contributed by atoms with van der Waals surface area (Å²) >= 11 is 0. The Morgan fingerprint density at radius 2 is 2.00 bits per heavy atom. The molecule has 1 aromatic heterocycles. The van der Waals surface area contributed by atoms with E-state index < -0.39 is 38.7 Å². The zero-order chi connectivity index (χ0) is 20.5. The summed E-state index contributed by atoms with van der Waals surface area (Å²) in [6.07, 6.45) is -0.0735. The van der Waals surface area contributed by atoms with Gasteiger partial charge in [-0.15, -0.1) is 9.78 Å². The lowest BCUT2D eigenvalue weighted by Gasteiger charge is -2.25. The number of nitrogens with one attached hydrogen (secondary N) is 1. The summed E-state index contributed by atoms with van der Waals surface area (Å²) in [7, 11) is -3.06. The van der Waals surface area contributed by atoms with Crippen molar-refractivity contribution in [3.05, 3.63) is 46.1 Å². The van der Waals surface area contributed by atoms with Gasteiger partial charge in [-0.1, -0.05) is 19.1 Å². The molecule has 1 saturated heterocycles. The Balaban J connectivity index is 1.88. The summed E-state index contributed by atoms with van der Waals surface area (Å²) in [4.78, 5) is 36.2. The number of hydrogen-bond acceptors (Lipinski definition) is 8. The van der Waals surface area contributed by atoms with Crippen molar-refractivity contribution in [2.45, 2.75) is 24.3 Å². The molecule has 0 atom stereocenters. The van der Waals surface area contributed by atoms with Gasteiger partial charge in [-0.25, -0.2) is 27.5 Å². The van der Waals surface area contributed by atoms with Gasteiger partial charge < -0.3 is 9.47 Å². The van der Waals surface area contributed by atoms with E-state index in [0.717, 1.165) is 10.6 Å². The minimum absolute atomic E-state index is 0.236. The average molecular weight is 410 g/mol. The molecule has 11 nitrogen and oxygen atoms in total. The van der Waals surface area contributed by atoms with Gasteiger partial charge in [-0.05, 0) is 12.1 Å². The van der Waals surface area contributed by atoms with Crippen LogP contribution in [-0.4, -0.2) is 54.1 Å². The number of carbonyl (C=O) groups is 2. The topological polar surface area (TPSA) is 139 Å². The number of carbonyl (C=O) groups excluding carboxylic acids is 2. The van der Waals surface area contributed by atoms with Crippen LogP contribution in [-0.2, 0) is 33.0 Å². The highest BCUT2D eigenvalue weighted by atomic mass is 32.2. The number of sulfonamides is 1. The fourth-order valence-electron chi connectivity index (χ4n) is 2.50. The molecule has 1 N–H and O–H groups in total. The minimum atomic E-state index is -4.48. The molecule has 1 amide bonds. The van der Waals surface area contributed by atoms with Gasteiger partial charge in [0.1, 0.15) is 16.8 Å². The van der Waals surface area contributed by atoms with Gasteiger partial charge >= 0.3 is 17.7 Å². The molecule has 1 aliphatic rings. The number of ether oxygens (including phenoxy) is 2. The molecular formula is C16H18N4O7S. The number of aryl methyl sites for hydroxylation is 1. The van der Waals surface area contributed by atoms with E-state index in [1.54, 1.807) is 11.6 Å². The summed E-state index contributed by atoms with van der Waals surface area (Å²) < 4.78 is 38.7. The molecule has 150 valence electrons. The third kappa shape index (κ3) is 3.68. The number of rotatable bonds is 5. The van der Waals surface area contributed by atoms with Crippen LogP contribution in [0.1, 0.15) is 23.1 Å². The summed E-state index contributed by atoms with van der Waals surface area (Å²) in [6, 6.07) is 4.02.